The molecule has 128 valence electrons. The normalized spacial score (nSPS) is 10.4. The number of rotatable bonds is 5. The third-order valence-electron chi connectivity index (χ3n) is 3.64. The summed E-state index contributed by atoms with van der Waals surface area (Å²) in [6.07, 6.45) is 1.66. The summed E-state index contributed by atoms with van der Waals surface area (Å²) in [5.74, 6) is 2.02. The van der Waals surface area contributed by atoms with E-state index in [1.165, 1.54) is 7.11 Å². The molecule has 6 heteroatoms. The van der Waals surface area contributed by atoms with Crippen molar-refractivity contribution in [2.45, 2.75) is 6.92 Å². The Labute approximate surface area is 145 Å². The van der Waals surface area contributed by atoms with Gasteiger partial charge in [-0.25, -0.2) is 4.98 Å². The van der Waals surface area contributed by atoms with Gasteiger partial charge < -0.3 is 19.2 Å². The molecule has 3 aromatic rings. The minimum atomic E-state index is -0.278. The van der Waals surface area contributed by atoms with Gasteiger partial charge in [-0.2, -0.15) is 0 Å². The van der Waals surface area contributed by atoms with E-state index in [9.17, 15) is 4.79 Å². The SMILES string of the molecule is COc1ccc(C(=O)Nc2cccc(-c3ncc(C)o3)c2)c(OC)c1. The van der Waals surface area contributed by atoms with E-state index < -0.39 is 0 Å². The zero-order valence-corrected chi connectivity index (χ0v) is 14.2. The lowest BCUT2D eigenvalue weighted by Crippen LogP contribution is -2.13. The molecule has 1 aromatic heterocycles. The van der Waals surface area contributed by atoms with E-state index >= 15 is 0 Å². The van der Waals surface area contributed by atoms with Crippen LogP contribution in [0.3, 0.4) is 0 Å². The number of hydrogen-bond acceptors (Lipinski definition) is 5. The number of methoxy groups -OCH3 is 2. The first-order chi connectivity index (χ1) is 12.1. The van der Waals surface area contributed by atoms with Crippen molar-refractivity contribution >= 4 is 11.6 Å². The predicted octanol–water partition coefficient (Wildman–Crippen LogP) is 3.92. The third-order valence-corrected chi connectivity index (χ3v) is 3.64. The monoisotopic (exact) mass is 338 g/mol. The molecule has 3 rings (SSSR count). The average molecular weight is 338 g/mol. The average Bonchev–Trinajstić information content (AvgIpc) is 3.07. The van der Waals surface area contributed by atoms with Gasteiger partial charge in [0, 0.05) is 17.3 Å². The first-order valence-corrected chi connectivity index (χ1v) is 7.67. The van der Waals surface area contributed by atoms with Crippen LogP contribution in [0.4, 0.5) is 5.69 Å². The van der Waals surface area contributed by atoms with Gasteiger partial charge in [0.2, 0.25) is 5.89 Å². The van der Waals surface area contributed by atoms with E-state index in [4.69, 9.17) is 13.9 Å². The molecule has 0 fully saturated rings. The molecule has 0 radical (unpaired) electrons. The lowest BCUT2D eigenvalue weighted by molar-refractivity contribution is 0.102. The molecule has 6 nitrogen and oxygen atoms in total. The van der Waals surface area contributed by atoms with Gasteiger partial charge in [0.05, 0.1) is 26.0 Å². The standard InChI is InChI=1S/C19H18N2O4/c1-12-11-20-19(25-12)13-5-4-6-14(9-13)21-18(22)16-8-7-15(23-2)10-17(16)24-3/h4-11H,1-3H3,(H,21,22). The van der Waals surface area contributed by atoms with Gasteiger partial charge in [0.1, 0.15) is 17.3 Å². The fourth-order valence-electron chi connectivity index (χ4n) is 2.40. The van der Waals surface area contributed by atoms with Gasteiger partial charge in [-0.15, -0.1) is 0 Å². The highest BCUT2D eigenvalue weighted by Crippen LogP contribution is 2.26. The summed E-state index contributed by atoms with van der Waals surface area (Å²) in [7, 11) is 3.07. The Morgan fingerprint density at radius 2 is 1.96 bits per heavy atom. The van der Waals surface area contributed by atoms with E-state index in [1.54, 1.807) is 43.6 Å². The number of nitrogens with zero attached hydrogens (tertiary/aromatic N) is 1. The molecule has 1 amide bonds. The van der Waals surface area contributed by atoms with Crippen molar-refractivity contribution in [1.29, 1.82) is 0 Å². The van der Waals surface area contributed by atoms with E-state index in [1.807, 2.05) is 19.1 Å². The van der Waals surface area contributed by atoms with Crippen LogP contribution in [0.5, 0.6) is 11.5 Å². The molecule has 25 heavy (non-hydrogen) atoms. The zero-order chi connectivity index (χ0) is 17.8. The maximum absolute atomic E-state index is 12.6. The van der Waals surface area contributed by atoms with Gasteiger partial charge in [-0.3, -0.25) is 4.79 Å². The molecule has 0 aliphatic heterocycles. The molecule has 0 aliphatic carbocycles. The number of aryl methyl sites for hydroxylation is 1. The first kappa shape index (κ1) is 16.6. The topological polar surface area (TPSA) is 73.6 Å². The van der Waals surface area contributed by atoms with Crippen molar-refractivity contribution in [2.75, 3.05) is 19.5 Å². The molecular weight excluding hydrogens is 320 g/mol. The molecule has 1 heterocycles. The number of oxazole rings is 1. The molecule has 2 aromatic carbocycles. The number of hydrogen-bond donors (Lipinski definition) is 1. The number of carbonyl (C=O) groups is 1. The number of anilines is 1. The van der Waals surface area contributed by atoms with Gasteiger partial charge in [0.15, 0.2) is 0 Å². The van der Waals surface area contributed by atoms with Crippen LogP contribution < -0.4 is 14.8 Å². The second-order valence-electron chi connectivity index (χ2n) is 5.38. The molecule has 0 saturated heterocycles. The van der Waals surface area contributed by atoms with Crippen molar-refractivity contribution in [2.24, 2.45) is 0 Å². The quantitative estimate of drug-likeness (QED) is 0.763. The Morgan fingerprint density at radius 3 is 2.64 bits per heavy atom. The van der Waals surface area contributed by atoms with Crippen LogP contribution in [0.2, 0.25) is 0 Å². The van der Waals surface area contributed by atoms with E-state index in [2.05, 4.69) is 10.3 Å². The Hall–Kier alpha value is -3.28. The maximum atomic E-state index is 12.6. The fourth-order valence-corrected chi connectivity index (χ4v) is 2.40. The van der Waals surface area contributed by atoms with E-state index in [0.717, 1.165) is 11.3 Å². The van der Waals surface area contributed by atoms with E-state index in [0.29, 0.717) is 28.6 Å². The molecule has 0 spiro atoms. The van der Waals surface area contributed by atoms with Gasteiger partial charge in [-0.05, 0) is 37.3 Å². The summed E-state index contributed by atoms with van der Waals surface area (Å²) in [5.41, 5.74) is 1.84. The highest BCUT2D eigenvalue weighted by Gasteiger charge is 2.14. The molecule has 1 N–H and O–H groups in total. The summed E-state index contributed by atoms with van der Waals surface area (Å²) < 4.78 is 15.9. The molecular formula is C19H18N2O4. The van der Waals surface area contributed by atoms with Gasteiger partial charge >= 0.3 is 0 Å². The molecule has 0 atom stereocenters. The maximum Gasteiger partial charge on any atom is 0.259 e. The lowest BCUT2D eigenvalue weighted by Gasteiger charge is -2.11. The van der Waals surface area contributed by atoms with Crippen LogP contribution in [0.25, 0.3) is 11.5 Å². The van der Waals surface area contributed by atoms with Crippen LogP contribution in [-0.4, -0.2) is 25.1 Å². The smallest absolute Gasteiger partial charge is 0.259 e. The third kappa shape index (κ3) is 3.63. The predicted molar refractivity (Wildman–Crippen MR) is 94.2 cm³/mol. The number of aromatic nitrogens is 1. The van der Waals surface area contributed by atoms with Gasteiger partial charge in [0.25, 0.3) is 5.91 Å². The second kappa shape index (κ2) is 7.09. The minimum Gasteiger partial charge on any atom is -0.497 e. The Bertz CT molecular complexity index is 902. The molecule has 0 bridgehead atoms. The van der Waals surface area contributed by atoms with Crippen LogP contribution in [-0.2, 0) is 0 Å². The number of amides is 1. The Kier molecular flexibility index (Phi) is 4.70. The molecule has 0 aliphatic rings. The summed E-state index contributed by atoms with van der Waals surface area (Å²) in [5, 5.41) is 2.86. The van der Waals surface area contributed by atoms with Crippen LogP contribution in [0, 0.1) is 6.92 Å². The van der Waals surface area contributed by atoms with Crippen molar-refractivity contribution in [3.05, 3.63) is 60.0 Å². The zero-order valence-electron chi connectivity index (χ0n) is 14.2. The second-order valence-corrected chi connectivity index (χ2v) is 5.38. The fraction of sp³-hybridized carbons (Fsp3) is 0.158. The van der Waals surface area contributed by atoms with Crippen LogP contribution in [0.15, 0.2) is 53.1 Å². The van der Waals surface area contributed by atoms with Crippen molar-refractivity contribution in [1.82, 2.24) is 4.98 Å². The number of ether oxygens (including phenoxy) is 2. The van der Waals surface area contributed by atoms with Crippen LogP contribution in [0.1, 0.15) is 16.1 Å². The van der Waals surface area contributed by atoms with Crippen molar-refractivity contribution < 1.29 is 18.7 Å². The lowest BCUT2D eigenvalue weighted by atomic mass is 10.1. The van der Waals surface area contributed by atoms with Gasteiger partial charge in [-0.1, -0.05) is 6.07 Å². The molecule has 0 unspecified atom stereocenters. The Morgan fingerprint density at radius 1 is 1.12 bits per heavy atom. The first-order valence-electron chi connectivity index (χ1n) is 7.67. The van der Waals surface area contributed by atoms with Crippen molar-refractivity contribution in [3.8, 4) is 23.0 Å². The Balaban J connectivity index is 1.84. The summed E-state index contributed by atoms with van der Waals surface area (Å²) in [4.78, 5) is 16.8. The molecule has 0 saturated carbocycles. The summed E-state index contributed by atoms with van der Waals surface area (Å²) in [6.45, 7) is 1.83. The number of carbonyl (C=O) groups excluding carboxylic acids is 1. The number of benzene rings is 2. The summed E-state index contributed by atoms with van der Waals surface area (Å²) in [6, 6.07) is 12.3. The van der Waals surface area contributed by atoms with Crippen LogP contribution >= 0.6 is 0 Å². The summed E-state index contributed by atoms with van der Waals surface area (Å²) >= 11 is 0. The highest BCUT2D eigenvalue weighted by molar-refractivity contribution is 6.06. The minimum absolute atomic E-state index is 0.278. The largest absolute Gasteiger partial charge is 0.497 e. The van der Waals surface area contributed by atoms with E-state index in [-0.39, 0.29) is 5.91 Å². The number of nitrogens with one attached hydrogen (secondary N) is 1. The highest BCUT2D eigenvalue weighted by atomic mass is 16.5. The van der Waals surface area contributed by atoms with Crippen molar-refractivity contribution in [3.63, 3.8) is 0 Å².